The minimum atomic E-state index is -1.65. The Labute approximate surface area is 301 Å². The number of hydrogen-bond donors (Lipinski definition) is 1. The lowest BCUT2D eigenvalue weighted by Crippen LogP contribution is -2.64. The van der Waals surface area contributed by atoms with Crippen molar-refractivity contribution in [3.8, 4) is 5.75 Å². The lowest BCUT2D eigenvalue weighted by molar-refractivity contribution is -0.301. The van der Waals surface area contributed by atoms with E-state index >= 15 is 0 Å². The van der Waals surface area contributed by atoms with E-state index in [2.05, 4.69) is 5.32 Å². The summed E-state index contributed by atoms with van der Waals surface area (Å²) < 4.78 is 38.3. The van der Waals surface area contributed by atoms with Gasteiger partial charge >= 0.3 is 29.9 Å². The number of benzene rings is 2. The first-order valence-electron chi connectivity index (χ1n) is 16.7. The Morgan fingerprint density at radius 1 is 0.904 bits per heavy atom. The van der Waals surface area contributed by atoms with E-state index in [-0.39, 0.29) is 31.9 Å². The van der Waals surface area contributed by atoms with E-state index in [0.29, 0.717) is 23.6 Å². The molecule has 0 saturated carbocycles. The van der Waals surface area contributed by atoms with Crippen molar-refractivity contribution in [1.82, 2.24) is 4.90 Å². The second-order valence-electron chi connectivity index (χ2n) is 12.3. The largest absolute Gasteiger partial charge is 0.494 e. The van der Waals surface area contributed by atoms with Gasteiger partial charge in [-0.25, -0.2) is 9.59 Å². The maximum absolute atomic E-state index is 13.8. The van der Waals surface area contributed by atoms with Gasteiger partial charge in [0.15, 0.2) is 36.5 Å². The lowest BCUT2D eigenvalue weighted by Gasteiger charge is -2.43. The van der Waals surface area contributed by atoms with Crippen LogP contribution in [-0.2, 0) is 58.8 Å². The van der Waals surface area contributed by atoms with E-state index in [1.165, 1.54) is 4.90 Å². The number of carbonyl (C=O) groups is 6. The Bertz CT molecular complexity index is 1700. The first kappa shape index (κ1) is 39.5. The molecule has 2 aromatic carbocycles. The van der Waals surface area contributed by atoms with Crippen LogP contribution in [0.15, 0.2) is 42.0 Å². The van der Waals surface area contributed by atoms with Crippen molar-refractivity contribution >= 4 is 47.5 Å². The van der Waals surface area contributed by atoms with Crippen LogP contribution in [0.1, 0.15) is 49.9 Å². The van der Waals surface area contributed by atoms with Gasteiger partial charge in [0.2, 0.25) is 0 Å². The van der Waals surface area contributed by atoms with Crippen molar-refractivity contribution < 1.29 is 61.9 Å². The molecule has 1 aliphatic heterocycles. The number of ketones is 1. The van der Waals surface area contributed by atoms with Crippen molar-refractivity contribution in [3.05, 3.63) is 64.2 Å². The Morgan fingerprint density at radius 2 is 1.54 bits per heavy atom. The number of nitrogens with one attached hydrogen (secondary N) is 1. The van der Waals surface area contributed by atoms with Gasteiger partial charge in [0.25, 0.3) is 0 Å². The highest BCUT2D eigenvalue weighted by Gasteiger charge is 2.55. The minimum absolute atomic E-state index is 0.0915. The van der Waals surface area contributed by atoms with Crippen molar-refractivity contribution in [2.75, 3.05) is 38.7 Å². The predicted octanol–water partition coefficient (Wildman–Crippen LogP) is 3.45. The van der Waals surface area contributed by atoms with E-state index in [0.717, 1.165) is 50.1 Å². The third-order valence-corrected chi connectivity index (χ3v) is 8.22. The van der Waals surface area contributed by atoms with Crippen molar-refractivity contribution in [1.29, 1.82) is 0 Å². The van der Waals surface area contributed by atoms with Crippen LogP contribution < -0.4 is 10.1 Å². The number of Topliss-reactive ketones (excluding diaryl/α,β-unsaturated/α-hetero) is 1. The summed E-state index contributed by atoms with van der Waals surface area (Å²) in [5.74, 6) is -3.00. The van der Waals surface area contributed by atoms with E-state index in [1.807, 2.05) is 32.9 Å². The molecular weight excluding hydrogens is 680 g/mol. The Morgan fingerprint density at radius 3 is 2.15 bits per heavy atom. The number of aryl methyl sites for hydroxylation is 2. The molecule has 2 aliphatic rings. The van der Waals surface area contributed by atoms with Crippen LogP contribution in [0.3, 0.4) is 0 Å². The summed E-state index contributed by atoms with van der Waals surface area (Å²) in [5, 5.41) is 2.83. The predicted molar refractivity (Wildman–Crippen MR) is 184 cm³/mol. The molecule has 4 rings (SSSR count). The summed E-state index contributed by atoms with van der Waals surface area (Å²) in [6, 6.07) is 10.2. The van der Waals surface area contributed by atoms with E-state index < -0.39 is 60.6 Å². The van der Waals surface area contributed by atoms with Crippen molar-refractivity contribution in [2.24, 2.45) is 0 Å². The van der Waals surface area contributed by atoms with Crippen LogP contribution in [0.25, 0.3) is 6.08 Å². The van der Waals surface area contributed by atoms with Crippen LogP contribution in [0, 0.1) is 13.8 Å². The number of fused-ring (bicyclic) bond motifs is 1. The van der Waals surface area contributed by atoms with Gasteiger partial charge in [-0.05, 0) is 67.8 Å². The SMILES string of the molecule is CCOc1ccc(NC(=O)N(CCO[C@@H]2O[C@H](C(=O)OC)[C@@H](OC(C)=O)[C@H](OC(C)=O)[C@H]2OC(C)=O)CC2=Cc3cc(C)cc(C)c3CC2=O)cc1. The van der Waals surface area contributed by atoms with Gasteiger partial charge in [-0.15, -0.1) is 0 Å². The van der Waals surface area contributed by atoms with Crippen molar-refractivity contribution in [3.63, 3.8) is 0 Å². The van der Waals surface area contributed by atoms with Crippen LogP contribution in [0.2, 0.25) is 0 Å². The molecule has 1 saturated heterocycles. The fourth-order valence-electron chi connectivity index (χ4n) is 6.03. The first-order chi connectivity index (χ1) is 24.7. The van der Waals surface area contributed by atoms with Gasteiger partial charge in [0.1, 0.15) is 5.75 Å². The van der Waals surface area contributed by atoms with E-state index in [4.69, 9.17) is 33.2 Å². The molecule has 0 spiro atoms. The maximum atomic E-state index is 13.8. The molecule has 5 atom stereocenters. The lowest BCUT2D eigenvalue weighted by atomic mass is 9.87. The zero-order valence-corrected chi connectivity index (χ0v) is 30.2. The molecule has 1 heterocycles. The summed E-state index contributed by atoms with van der Waals surface area (Å²) in [7, 11) is 1.08. The molecule has 0 unspecified atom stereocenters. The quantitative estimate of drug-likeness (QED) is 0.235. The molecule has 15 nitrogen and oxygen atoms in total. The number of methoxy groups -OCH3 is 1. The van der Waals surface area contributed by atoms with Gasteiger partial charge in [0.05, 0.1) is 26.9 Å². The number of anilines is 1. The number of hydrogen-bond acceptors (Lipinski definition) is 13. The van der Waals surface area contributed by atoms with Crippen LogP contribution in [-0.4, -0.2) is 105 Å². The summed E-state index contributed by atoms with van der Waals surface area (Å²) in [6.07, 6.45) is -5.87. The van der Waals surface area contributed by atoms with Gasteiger partial charge in [0, 0.05) is 45.0 Å². The van der Waals surface area contributed by atoms with E-state index in [9.17, 15) is 28.8 Å². The fraction of sp³-hybridized carbons (Fsp3) is 0.459. The standard InChI is InChI=1S/C37H44N2O13/c1-8-47-28-11-9-27(10-12-28)38-37(45)39(19-26-17-25-16-20(2)15-21(3)29(25)18-30(26)43)13-14-48-36-34(51-24(6)42)32(50-23(5)41)31(49-22(4)40)33(52-36)35(44)46-7/h9-12,15-17,31-34,36H,8,13-14,18-19H2,1-7H3,(H,38,45)/t31-,32-,33-,34+,36+/m0/s1. The topological polar surface area (TPSA) is 182 Å². The van der Waals surface area contributed by atoms with Crippen molar-refractivity contribution in [2.45, 2.75) is 78.7 Å². The molecule has 0 aromatic heterocycles. The zero-order valence-electron chi connectivity index (χ0n) is 30.2. The molecule has 52 heavy (non-hydrogen) atoms. The Kier molecular flexibility index (Phi) is 13.5. The summed E-state index contributed by atoms with van der Waals surface area (Å²) >= 11 is 0. The van der Waals surface area contributed by atoms with Crippen LogP contribution in [0.5, 0.6) is 5.75 Å². The molecule has 15 heteroatoms. The molecule has 1 fully saturated rings. The normalized spacial score (nSPS) is 20.8. The van der Waals surface area contributed by atoms with Gasteiger partial charge in [-0.3, -0.25) is 19.2 Å². The highest BCUT2D eigenvalue weighted by atomic mass is 16.7. The average molecular weight is 725 g/mol. The average Bonchev–Trinajstić information content (AvgIpc) is 3.07. The Balaban J connectivity index is 1.62. The molecule has 0 bridgehead atoms. The third kappa shape index (κ3) is 10.2. The number of esters is 4. The van der Waals surface area contributed by atoms with Gasteiger partial charge in [-0.1, -0.05) is 17.7 Å². The summed E-state index contributed by atoms with van der Waals surface area (Å²) in [6.45, 7) is 8.99. The van der Waals surface area contributed by atoms with E-state index in [1.54, 1.807) is 30.3 Å². The Hall–Kier alpha value is -5.28. The highest BCUT2D eigenvalue weighted by molar-refractivity contribution is 6.05. The maximum Gasteiger partial charge on any atom is 0.339 e. The van der Waals surface area contributed by atoms with Crippen LogP contribution in [0.4, 0.5) is 10.5 Å². The number of urea groups is 1. The first-order valence-corrected chi connectivity index (χ1v) is 16.7. The molecule has 280 valence electrons. The smallest absolute Gasteiger partial charge is 0.339 e. The number of ether oxygens (including phenoxy) is 7. The second kappa shape index (κ2) is 17.8. The molecule has 2 amide bonds. The third-order valence-electron chi connectivity index (χ3n) is 8.22. The minimum Gasteiger partial charge on any atom is -0.494 e. The zero-order chi connectivity index (χ0) is 38.1. The number of nitrogens with zero attached hydrogens (tertiary/aromatic N) is 1. The van der Waals surface area contributed by atoms with Crippen LogP contribution >= 0.6 is 0 Å². The molecule has 1 N–H and O–H groups in total. The molecule has 2 aromatic rings. The highest BCUT2D eigenvalue weighted by Crippen LogP contribution is 2.31. The fourth-order valence-corrected chi connectivity index (χ4v) is 6.03. The number of rotatable bonds is 13. The second-order valence-corrected chi connectivity index (χ2v) is 12.3. The van der Waals surface area contributed by atoms with Gasteiger partial charge in [-0.2, -0.15) is 0 Å². The van der Waals surface area contributed by atoms with Gasteiger partial charge < -0.3 is 43.4 Å². The molecule has 0 radical (unpaired) electrons. The number of amides is 2. The molecule has 1 aliphatic carbocycles. The summed E-state index contributed by atoms with van der Waals surface area (Å²) in [5.41, 5.74) is 4.71. The molecular formula is C37H44N2O13. The number of carbonyl (C=O) groups excluding carboxylic acids is 6. The monoisotopic (exact) mass is 724 g/mol. The summed E-state index contributed by atoms with van der Waals surface area (Å²) in [4.78, 5) is 77.6.